The number of nitrogens with one attached hydrogen (secondary N) is 1. The van der Waals surface area contributed by atoms with Gasteiger partial charge < -0.3 is 10.4 Å². The lowest BCUT2D eigenvalue weighted by Gasteiger charge is -2.09. The molecule has 2 aromatic rings. The van der Waals surface area contributed by atoms with Gasteiger partial charge in [0.15, 0.2) is 0 Å². The molecule has 0 radical (unpaired) electrons. The first kappa shape index (κ1) is 14.7. The first-order valence-corrected chi connectivity index (χ1v) is 7.55. The minimum Gasteiger partial charge on any atom is -0.477 e. The highest BCUT2D eigenvalue weighted by atomic mass is 79.9. The normalized spacial score (nSPS) is 10.5. The fraction of sp³-hybridized carbons (Fsp3) is 0.0833. The molecule has 0 saturated heterocycles. The molecule has 0 spiro atoms. The summed E-state index contributed by atoms with van der Waals surface area (Å²) in [7, 11) is 0. The van der Waals surface area contributed by atoms with Crippen molar-refractivity contribution >= 4 is 62.1 Å². The minimum absolute atomic E-state index is 0.316. The number of rotatable bonds is 4. The highest BCUT2D eigenvalue weighted by molar-refractivity contribution is 9.10. The molecule has 7 heteroatoms. The topological polar surface area (TPSA) is 49.3 Å². The van der Waals surface area contributed by atoms with E-state index in [1.807, 2.05) is 6.07 Å². The number of carbonyl (C=O) groups is 1. The standard InChI is InChI=1S/C12H8BrCl2NO2S/c13-7-2-3-8(11(15)10(7)14)16-5-6-1-4-9(19-6)12(17)18/h1-4,16H,5H2,(H,17,18). The third kappa shape index (κ3) is 3.42. The van der Waals surface area contributed by atoms with Crippen LogP contribution in [-0.2, 0) is 6.54 Å². The van der Waals surface area contributed by atoms with Crippen LogP contribution in [0.4, 0.5) is 5.69 Å². The number of benzene rings is 1. The molecule has 0 fully saturated rings. The number of hydrogen-bond acceptors (Lipinski definition) is 3. The SMILES string of the molecule is O=C(O)c1ccc(CNc2ccc(Br)c(Cl)c2Cl)s1. The van der Waals surface area contributed by atoms with Gasteiger partial charge in [-0.2, -0.15) is 0 Å². The number of aromatic carboxylic acids is 1. The number of halogens is 3. The van der Waals surface area contributed by atoms with E-state index >= 15 is 0 Å². The lowest BCUT2D eigenvalue weighted by Crippen LogP contribution is -1.98. The molecule has 0 amide bonds. The lowest BCUT2D eigenvalue weighted by atomic mass is 10.3. The molecule has 0 saturated carbocycles. The summed E-state index contributed by atoms with van der Waals surface area (Å²) < 4.78 is 0.731. The van der Waals surface area contributed by atoms with E-state index < -0.39 is 5.97 Å². The molecule has 1 heterocycles. The highest BCUT2D eigenvalue weighted by Crippen LogP contribution is 2.36. The van der Waals surface area contributed by atoms with Crippen molar-refractivity contribution in [2.24, 2.45) is 0 Å². The average Bonchev–Trinajstić information content (AvgIpc) is 2.84. The second kappa shape index (κ2) is 6.13. The Labute approximate surface area is 132 Å². The zero-order valence-electron chi connectivity index (χ0n) is 9.41. The summed E-state index contributed by atoms with van der Waals surface area (Å²) in [4.78, 5) is 12.0. The largest absolute Gasteiger partial charge is 0.477 e. The van der Waals surface area contributed by atoms with Gasteiger partial charge in [0, 0.05) is 15.9 Å². The first-order chi connectivity index (χ1) is 8.99. The number of carboxylic acid groups (broad SMARTS) is 1. The predicted molar refractivity (Wildman–Crippen MR) is 82.8 cm³/mol. The zero-order valence-corrected chi connectivity index (χ0v) is 13.3. The molecule has 0 unspecified atom stereocenters. The smallest absolute Gasteiger partial charge is 0.345 e. The second-order valence-electron chi connectivity index (χ2n) is 3.65. The molecule has 2 N–H and O–H groups in total. The Morgan fingerprint density at radius 1 is 1.26 bits per heavy atom. The van der Waals surface area contributed by atoms with Gasteiger partial charge in [-0.25, -0.2) is 4.79 Å². The minimum atomic E-state index is -0.916. The summed E-state index contributed by atoms with van der Waals surface area (Å²) in [5.41, 5.74) is 0.708. The third-order valence-corrected chi connectivity index (χ3v) is 5.20. The van der Waals surface area contributed by atoms with Crippen molar-refractivity contribution < 1.29 is 9.90 Å². The summed E-state index contributed by atoms with van der Waals surface area (Å²) in [5.74, 6) is -0.916. The summed E-state index contributed by atoms with van der Waals surface area (Å²) in [6.07, 6.45) is 0. The maximum atomic E-state index is 10.8. The molecule has 0 atom stereocenters. The molecule has 1 aromatic heterocycles. The van der Waals surface area contributed by atoms with Gasteiger partial charge in [-0.3, -0.25) is 0 Å². The van der Waals surface area contributed by atoms with Crippen LogP contribution < -0.4 is 5.32 Å². The summed E-state index contributed by atoms with van der Waals surface area (Å²) in [6.45, 7) is 0.496. The van der Waals surface area contributed by atoms with E-state index in [-0.39, 0.29) is 0 Å². The molecule has 0 aliphatic heterocycles. The van der Waals surface area contributed by atoms with E-state index in [1.165, 1.54) is 11.3 Å². The van der Waals surface area contributed by atoms with Gasteiger partial charge in [0.1, 0.15) is 4.88 Å². The van der Waals surface area contributed by atoms with E-state index in [9.17, 15) is 4.79 Å². The molecule has 100 valence electrons. The summed E-state index contributed by atoms with van der Waals surface area (Å²) in [6, 6.07) is 6.97. The molecule has 0 aliphatic rings. The Hall–Kier alpha value is -0.750. The van der Waals surface area contributed by atoms with E-state index in [0.29, 0.717) is 27.2 Å². The molecular weight excluding hydrogens is 373 g/mol. The predicted octanol–water partition coefficient (Wildman–Crippen LogP) is 5.13. The van der Waals surface area contributed by atoms with Crippen LogP contribution >= 0.6 is 50.5 Å². The molecule has 3 nitrogen and oxygen atoms in total. The summed E-state index contributed by atoms with van der Waals surface area (Å²) >= 11 is 16.6. The monoisotopic (exact) mass is 379 g/mol. The Balaban J connectivity index is 2.10. The van der Waals surface area contributed by atoms with E-state index in [1.54, 1.807) is 18.2 Å². The summed E-state index contributed by atoms with van der Waals surface area (Å²) in [5, 5.41) is 12.9. The van der Waals surface area contributed by atoms with Gasteiger partial charge in [-0.15, -0.1) is 11.3 Å². The van der Waals surface area contributed by atoms with Crippen molar-refractivity contribution in [1.82, 2.24) is 0 Å². The average molecular weight is 381 g/mol. The quantitative estimate of drug-likeness (QED) is 0.723. The third-order valence-electron chi connectivity index (χ3n) is 2.36. The Morgan fingerprint density at radius 3 is 2.63 bits per heavy atom. The van der Waals surface area contributed by atoms with Gasteiger partial charge in [-0.05, 0) is 40.2 Å². The van der Waals surface area contributed by atoms with Crippen molar-refractivity contribution in [3.05, 3.63) is 48.5 Å². The fourth-order valence-electron chi connectivity index (χ4n) is 1.43. The van der Waals surface area contributed by atoms with Gasteiger partial charge >= 0.3 is 5.97 Å². The lowest BCUT2D eigenvalue weighted by molar-refractivity contribution is 0.0702. The molecule has 19 heavy (non-hydrogen) atoms. The number of anilines is 1. The Kier molecular flexibility index (Phi) is 4.73. The first-order valence-electron chi connectivity index (χ1n) is 5.18. The van der Waals surface area contributed by atoms with Crippen LogP contribution in [0.3, 0.4) is 0 Å². The van der Waals surface area contributed by atoms with E-state index in [2.05, 4.69) is 21.2 Å². The highest BCUT2D eigenvalue weighted by Gasteiger charge is 2.10. The molecular formula is C12H8BrCl2NO2S. The van der Waals surface area contributed by atoms with E-state index in [4.69, 9.17) is 28.3 Å². The van der Waals surface area contributed by atoms with Gasteiger partial charge in [0.2, 0.25) is 0 Å². The molecule has 0 aliphatic carbocycles. The second-order valence-corrected chi connectivity index (χ2v) is 6.43. The Bertz CT molecular complexity index is 630. The fourth-order valence-corrected chi connectivity index (χ4v) is 3.06. The van der Waals surface area contributed by atoms with E-state index in [0.717, 1.165) is 9.35 Å². The van der Waals surface area contributed by atoms with Crippen molar-refractivity contribution in [2.75, 3.05) is 5.32 Å². The molecule has 0 bridgehead atoms. The van der Waals surface area contributed by atoms with Crippen LogP contribution in [0.25, 0.3) is 0 Å². The van der Waals surface area contributed by atoms with Crippen LogP contribution in [0, 0.1) is 0 Å². The van der Waals surface area contributed by atoms with Crippen LogP contribution in [0.2, 0.25) is 10.0 Å². The number of thiophene rings is 1. The molecule has 1 aromatic carbocycles. The van der Waals surface area contributed by atoms with Gasteiger partial charge in [0.25, 0.3) is 0 Å². The van der Waals surface area contributed by atoms with Gasteiger partial charge in [0.05, 0.1) is 15.7 Å². The number of hydrogen-bond donors (Lipinski definition) is 2. The van der Waals surface area contributed by atoms with Crippen LogP contribution in [0.15, 0.2) is 28.7 Å². The zero-order chi connectivity index (χ0) is 14.0. The van der Waals surface area contributed by atoms with Crippen molar-refractivity contribution in [3.63, 3.8) is 0 Å². The molecule has 2 rings (SSSR count). The number of carboxylic acids is 1. The van der Waals surface area contributed by atoms with Gasteiger partial charge in [-0.1, -0.05) is 23.2 Å². The van der Waals surface area contributed by atoms with Crippen molar-refractivity contribution in [3.8, 4) is 0 Å². The van der Waals surface area contributed by atoms with Crippen molar-refractivity contribution in [2.45, 2.75) is 6.54 Å². The van der Waals surface area contributed by atoms with Crippen molar-refractivity contribution in [1.29, 1.82) is 0 Å². The van der Waals surface area contributed by atoms with Crippen LogP contribution in [0.1, 0.15) is 14.5 Å². The van der Waals surface area contributed by atoms with Crippen LogP contribution in [0.5, 0.6) is 0 Å². The Morgan fingerprint density at radius 2 is 2.00 bits per heavy atom. The maximum absolute atomic E-state index is 10.8. The van der Waals surface area contributed by atoms with Crippen LogP contribution in [-0.4, -0.2) is 11.1 Å². The maximum Gasteiger partial charge on any atom is 0.345 e.